The molecular formula is C22H34N2O5S. The number of aliphatic hydroxyl groups is 1. The molecule has 3 saturated heterocycles. The van der Waals surface area contributed by atoms with E-state index in [4.69, 9.17) is 4.74 Å². The molecular weight excluding hydrogens is 404 g/mol. The van der Waals surface area contributed by atoms with Gasteiger partial charge in [0.05, 0.1) is 23.2 Å². The normalized spacial score (nSPS) is 31.7. The number of unbranched alkanes of at least 4 members (excludes halogenated alkanes) is 1. The highest BCUT2D eigenvalue weighted by atomic mass is 32.2. The maximum absolute atomic E-state index is 13.8. The van der Waals surface area contributed by atoms with Crippen LogP contribution in [0.25, 0.3) is 0 Å². The predicted molar refractivity (Wildman–Crippen MR) is 116 cm³/mol. The van der Waals surface area contributed by atoms with E-state index in [-0.39, 0.29) is 36.2 Å². The Morgan fingerprint density at radius 1 is 1.40 bits per heavy atom. The van der Waals surface area contributed by atoms with Gasteiger partial charge in [0.15, 0.2) is 0 Å². The molecule has 0 aromatic rings. The maximum atomic E-state index is 13.8. The Kier molecular flexibility index (Phi) is 7.50. The molecule has 0 aromatic heterocycles. The number of amides is 2. The van der Waals surface area contributed by atoms with Crippen molar-refractivity contribution < 1.29 is 24.2 Å². The summed E-state index contributed by atoms with van der Waals surface area (Å²) in [6.07, 6.45) is 5.54. The van der Waals surface area contributed by atoms with Gasteiger partial charge < -0.3 is 19.6 Å². The summed E-state index contributed by atoms with van der Waals surface area (Å²) in [6.45, 7) is 9.25. The topological polar surface area (TPSA) is 87.2 Å². The Morgan fingerprint density at radius 2 is 2.17 bits per heavy atom. The monoisotopic (exact) mass is 438 g/mol. The smallest absolute Gasteiger partial charge is 0.310 e. The van der Waals surface area contributed by atoms with Crippen molar-refractivity contribution in [2.45, 2.75) is 62.0 Å². The Labute approximate surface area is 183 Å². The number of carbonyl (C=O) groups is 3. The Balaban J connectivity index is 1.97. The predicted octanol–water partition coefficient (Wildman–Crippen LogP) is 1.84. The molecule has 1 spiro atoms. The van der Waals surface area contributed by atoms with E-state index in [1.807, 2.05) is 0 Å². The minimum absolute atomic E-state index is 0.0248. The molecule has 0 aromatic carbocycles. The first-order valence-electron chi connectivity index (χ1n) is 11.1. The van der Waals surface area contributed by atoms with Crippen LogP contribution in [-0.4, -0.2) is 81.6 Å². The van der Waals surface area contributed by atoms with Crippen LogP contribution >= 0.6 is 11.8 Å². The Bertz CT molecular complexity index is 686. The molecule has 8 heteroatoms. The third-order valence-corrected chi connectivity index (χ3v) is 8.54. The molecule has 1 N–H and O–H groups in total. The zero-order chi connectivity index (χ0) is 21.9. The number of hydrogen-bond donors (Lipinski definition) is 1. The molecule has 3 heterocycles. The average molecular weight is 439 g/mol. The molecule has 2 amide bonds. The number of fused-ring (bicyclic) bond motifs is 1. The van der Waals surface area contributed by atoms with Crippen molar-refractivity contribution >= 4 is 29.5 Å². The fourth-order valence-corrected chi connectivity index (χ4v) is 7.59. The number of nitrogens with zero attached hydrogens (tertiary/aromatic N) is 2. The number of rotatable bonds is 11. The summed E-state index contributed by atoms with van der Waals surface area (Å²) in [6, 6.07) is -0.604. The van der Waals surface area contributed by atoms with Crippen LogP contribution in [0.3, 0.4) is 0 Å². The van der Waals surface area contributed by atoms with E-state index in [2.05, 4.69) is 13.5 Å². The SMILES string of the molecule is C=CCN(CCCC)C(=O)C1N(CCCO)C(=O)[C@@H]2[C@H](C(=O)OCC)[C@@H]3CCC12S3. The summed E-state index contributed by atoms with van der Waals surface area (Å²) < 4.78 is 4.73. The highest BCUT2D eigenvalue weighted by Gasteiger charge is 2.74. The summed E-state index contributed by atoms with van der Waals surface area (Å²) in [7, 11) is 0. The van der Waals surface area contributed by atoms with Crippen LogP contribution in [0, 0.1) is 11.8 Å². The van der Waals surface area contributed by atoms with Crippen molar-refractivity contribution in [3.05, 3.63) is 12.7 Å². The quantitative estimate of drug-likeness (QED) is 0.391. The molecule has 0 saturated carbocycles. The largest absolute Gasteiger partial charge is 0.466 e. The minimum atomic E-state index is -0.604. The standard InChI is InChI=1S/C22H34N2O5S/c1-4-7-12-23(11-5-2)20(27)18-22-10-9-15(30-22)16(21(28)29-6-3)17(22)19(26)24(18)13-8-14-25/h5,15-18,25H,2,4,6-14H2,1,3H3/t15-,16+,17-,18?,22?/m0/s1. The summed E-state index contributed by atoms with van der Waals surface area (Å²) in [4.78, 5) is 43.5. The molecule has 168 valence electrons. The van der Waals surface area contributed by atoms with Crippen molar-refractivity contribution in [1.29, 1.82) is 0 Å². The van der Waals surface area contributed by atoms with E-state index in [0.717, 1.165) is 25.7 Å². The molecule has 3 aliphatic heterocycles. The first-order chi connectivity index (χ1) is 14.5. The lowest BCUT2D eigenvalue weighted by Gasteiger charge is -2.37. The molecule has 3 fully saturated rings. The highest BCUT2D eigenvalue weighted by Crippen LogP contribution is 2.66. The van der Waals surface area contributed by atoms with Gasteiger partial charge in [0.25, 0.3) is 0 Å². The van der Waals surface area contributed by atoms with E-state index < -0.39 is 22.6 Å². The van der Waals surface area contributed by atoms with Crippen LogP contribution in [0.1, 0.15) is 46.0 Å². The molecule has 30 heavy (non-hydrogen) atoms. The summed E-state index contributed by atoms with van der Waals surface area (Å²) in [5.74, 6) is -1.53. The fourth-order valence-electron chi connectivity index (χ4n) is 5.39. The van der Waals surface area contributed by atoms with E-state index >= 15 is 0 Å². The lowest BCUT2D eigenvalue weighted by molar-refractivity contribution is -0.153. The molecule has 2 bridgehead atoms. The zero-order valence-electron chi connectivity index (χ0n) is 18.0. The van der Waals surface area contributed by atoms with Gasteiger partial charge in [0, 0.05) is 31.5 Å². The molecule has 0 aliphatic carbocycles. The molecule has 3 aliphatic rings. The second-order valence-electron chi connectivity index (χ2n) is 8.34. The van der Waals surface area contributed by atoms with Gasteiger partial charge in [-0.05, 0) is 32.6 Å². The van der Waals surface area contributed by atoms with Crippen molar-refractivity contribution in [2.75, 3.05) is 32.8 Å². The summed E-state index contributed by atoms with van der Waals surface area (Å²) in [5.41, 5.74) is 0. The van der Waals surface area contributed by atoms with Gasteiger partial charge in [-0.2, -0.15) is 0 Å². The summed E-state index contributed by atoms with van der Waals surface area (Å²) in [5, 5.41) is 9.39. The van der Waals surface area contributed by atoms with Gasteiger partial charge in [0.1, 0.15) is 6.04 Å². The van der Waals surface area contributed by atoms with Crippen molar-refractivity contribution in [1.82, 2.24) is 9.80 Å². The number of likely N-dealkylation sites (tertiary alicyclic amines) is 1. The van der Waals surface area contributed by atoms with Crippen LogP contribution < -0.4 is 0 Å². The average Bonchev–Trinajstić information content (AvgIpc) is 3.36. The number of thioether (sulfide) groups is 1. The number of carbonyl (C=O) groups excluding carboxylic acids is 3. The third kappa shape index (κ3) is 3.77. The van der Waals surface area contributed by atoms with Crippen LogP contribution in [0.5, 0.6) is 0 Å². The zero-order valence-corrected chi connectivity index (χ0v) is 18.9. The minimum Gasteiger partial charge on any atom is -0.466 e. The van der Waals surface area contributed by atoms with Gasteiger partial charge in [-0.3, -0.25) is 14.4 Å². The Hall–Kier alpha value is -1.54. The van der Waals surface area contributed by atoms with E-state index in [9.17, 15) is 19.5 Å². The first kappa shape index (κ1) is 23.1. The van der Waals surface area contributed by atoms with Gasteiger partial charge in [0.2, 0.25) is 11.8 Å². The van der Waals surface area contributed by atoms with Gasteiger partial charge >= 0.3 is 5.97 Å². The van der Waals surface area contributed by atoms with Crippen LogP contribution in [0.15, 0.2) is 12.7 Å². The number of esters is 1. The lowest BCUT2D eigenvalue weighted by atomic mass is 9.71. The van der Waals surface area contributed by atoms with Crippen LogP contribution in [-0.2, 0) is 19.1 Å². The second-order valence-corrected chi connectivity index (χ2v) is 9.94. The van der Waals surface area contributed by atoms with Crippen LogP contribution in [0.4, 0.5) is 0 Å². The van der Waals surface area contributed by atoms with E-state index in [0.29, 0.717) is 26.1 Å². The van der Waals surface area contributed by atoms with E-state index in [1.54, 1.807) is 34.6 Å². The molecule has 0 radical (unpaired) electrons. The second kappa shape index (κ2) is 9.73. The van der Waals surface area contributed by atoms with Crippen molar-refractivity contribution in [3.8, 4) is 0 Å². The van der Waals surface area contributed by atoms with Crippen molar-refractivity contribution in [2.24, 2.45) is 11.8 Å². The van der Waals surface area contributed by atoms with Crippen LogP contribution in [0.2, 0.25) is 0 Å². The molecule has 2 unspecified atom stereocenters. The fraction of sp³-hybridized carbons (Fsp3) is 0.773. The third-order valence-electron chi connectivity index (χ3n) is 6.59. The molecule has 7 nitrogen and oxygen atoms in total. The van der Waals surface area contributed by atoms with Crippen molar-refractivity contribution in [3.63, 3.8) is 0 Å². The van der Waals surface area contributed by atoms with Gasteiger partial charge in [-0.1, -0.05) is 19.4 Å². The Morgan fingerprint density at radius 3 is 2.80 bits per heavy atom. The highest BCUT2D eigenvalue weighted by molar-refractivity contribution is 8.02. The first-order valence-corrected chi connectivity index (χ1v) is 12.0. The maximum Gasteiger partial charge on any atom is 0.310 e. The molecule has 3 rings (SSSR count). The number of ether oxygens (including phenoxy) is 1. The molecule has 5 atom stereocenters. The number of aliphatic hydroxyl groups excluding tert-OH is 1. The van der Waals surface area contributed by atoms with E-state index in [1.165, 1.54) is 0 Å². The lowest BCUT2D eigenvalue weighted by Crippen LogP contribution is -2.55. The van der Waals surface area contributed by atoms with Gasteiger partial charge in [-0.15, -0.1) is 18.3 Å². The van der Waals surface area contributed by atoms with Gasteiger partial charge in [-0.25, -0.2) is 0 Å². The number of hydrogen-bond acceptors (Lipinski definition) is 6. The summed E-state index contributed by atoms with van der Waals surface area (Å²) >= 11 is 1.65.